The van der Waals surface area contributed by atoms with E-state index in [9.17, 15) is 14.4 Å². The number of carbonyl (C=O) groups excluding carboxylic acids is 3. The summed E-state index contributed by atoms with van der Waals surface area (Å²) in [5, 5.41) is 5.15. The quantitative estimate of drug-likeness (QED) is 0.663. The largest absolute Gasteiger partial charge is 0.465 e. The van der Waals surface area contributed by atoms with E-state index in [0.717, 1.165) is 4.88 Å². The molecule has 6 nitrogen and oxygen atoms in total. The highest BCUT2D eigenvalue weighted by Gasteiger charge is 2.66. The molecule has 0 saturated carbocycles. The molecule has 3 rings (SSSR count). The Hall–Kier alpha value is -1.73. The smallest absolute Gasteiger partial charge is 0.326 e. The van der Waals surface area contributed by atoms with Gasteiger partial charge in [-0.3, -0.25) is 24.6 Å². The number of hydrogen-bond acceptors (Lipinski definition) is 6. The maximum absolute atomic E-state index is 12.7. The van der Waals surface area contributed by atoms with Crippen LogP contribution in [-0.4, -0.2) is 41.4 Å². The first-order valence-corrected chi connectivity index (χ1v) is 8.67. The molecular formula is C16H20N2O4S. The monoisotopic (exact) mass is 336 g/mol. The topological polar surface area (TPSA) is 75.7 Å². The van der Waals surface area contributed by atoms with Gasteiger partial charge in [0.1, 0.15) is 5.54 Å². The molecule has 0 unspecified atom stereocenters. The van der Waals surface area contributed by atoms with Crippen LogP contribution in [0.5, 0.6) is 0 Å². The molecular weight excluding hydrogens is 316 g/mol. The van der Waals surface area contributed by atoms with Crippen LogP contribution in [0.25, 0.3) is 0 Å². The molecule has 0 spiro atoms. The molecule has 2 aliphatic heterocycles. The maximum Gasteiger partial charge on any atom is 0.326 e. The lowest BCUT2D eigenvalue weighted by atomic mass is 9.81. The zero-order valence-electron chi connectivity index (χ0n) is 13.4. The van der Waals surface area contributed by atoms with Crippen molar-refractivity contribution in [2.45, 2.75) is 32.4 Å². The third-order valence-corrected chi connectivity index (χ3v) is 5.70. The number of esters is 1. The number of likely N-dealkylation sites (tertiary alicyclic amines) is 1. The van der Waals surface area contributed by atoms with Crippen molar-refractivity contribution < 1.29 is 19.1 Å². The van der Waals surface area contributed by atoms with Gasteiger partial charge < -0.3 is 4.74 Å². The van der Waals surface area contributed by atoms with Crippen molar-refractivity contribution in [3.05, 3.63) is 22.4 Å². The normalized spacial score (nSPS) is 33.2. The molecule has 0 aromatic carbocycles. The van der Waals surface area contributed by atoms with Crippen molar-refractivity contribution in [1.29, 1.82) is 0 Å². The lowest BCUT2D eigenvalue weighted by Crippen LogP contribution is -2.54. The first-order valence-electron chi connectivity index (χ1n) is 7.79. The Balaban J connectivity index is 2.06. The summed E-state index contributed by atoms with van der Waals surface area (Å²) in [4.78, 5) is 40.2. The molecule has 0 bridgehead atoms. The van der Waals surface area contributed by atoms with Gasteiger partial charge in [0.05, 0.1) is 24.5 Å². The second-order valence-electron chi connectivity index (χ2n) is 5.98. The molecule has 2 aliphatic rings. The van der Waals surface area contributed by atoms with E-state index in [1.54, 1.807) is 20.8 Å². The van der Waals surface area contributed by atoms with Crippen molar-refractivity contribution in [3.63, 3.8) is 0 Å². The number of nitrogens with zero attached hydrogens (tertiary/aromatic N) is 1. The van der Waals surface area contributed by atoms with E-state index < -0.39 is 23.3 Å². The SMILES string of the molecule is CCOC(=O)[C@]1(C)N[C@H](c2cccs2)[C@@H]2C(=O)N(CC)C(=O)[C@H]21. The minimum absolute atomic E-state index is 0.207. The van der Waals surface area contributed by atoms with Crippen LogP contribution in [0.2, 0.25) is 0 Å². The van der Waals surface area contributed by atoms with Crippen LogP contribution in [0.3, 0.4) is 0 Å². The van der Waals surface area contributed by atoms with E-state index in [0.29, 0.717) is 6.54 Å². The second-order valence-corrected chi connectivity index (χ2v) is 6.96. The lowest BCUT2D eigenvalue weighted by Gasteiger charge is -2.28. The highest BCUT2D eigenvalue weighted by atomic mass is 32.1. The Morgan fingerprint density at radius 2 is 2.13 bits per heavy atom. The molecule has 1 aromatic heterocycles. The summed E-state index contributed by atoms with van der Waals surface area (Å²) in [6, 6.07) is 3.47. The van der Waals surface area contributed by atoms with Crippen LogP contribution >= 0.6 is 11.3 Å². The molecule has 0 radical (unpaired) electrons. The summed E-state index contributed by atoms with van der Waals surface area (Å²) in [6.07, 6.45) is 0. The van der Waals surface area contributed by atoms with Crippen LogP contribution < -0.4 is 5.32 Å². The number of amides is 2. The summed E-state index contributed by atoms with van der Waals surface area (Å²) in [5.74, 6) is -2.25. The number of rotatable bonds is 4. The average molecular weight is 336 g/mol. The Morgan fingerprint density at radius 3 is 2.70 bits per heavy atom. The van der Waals surface area contributed by atoms with Gasteiger partial charge in [0, 0.05) is 11.4 Å². The summed E-state index contributed by atoms with van der Waals surface area (Å²) < 4.78 is 5.18. The third-order valence-electron chi connectivity index (χ3n) is 4.74. The number of hydrogen-bond donors (Lipinski definition) is 1. The summed E-state index contributed by atoms with van der Waals surface area (Å²) in [5.41, 5.74) is -1.19. The van der Waals surface area contributed by atoms with Crippen molar-refractivity contribution in [1.82, 2.24) is 10.2 Å². The van der Waals surface area contributed by atoms with Crippen molar-refractivity contribution in [2.75, 3.05) is 13.2 Å². The highest BCUT2D eigenvalue weighted by molar-refractivity contribution is 7.10. The molecule has 124 valence electrons. The molecule has 2 saturated heterocycles. The zero-order chi connectivity index (χ0) is 16.8. The first-order chi connectivity index (χ1) is 11.0. The Labute approximate surface area is 138 Å². The van der Waals surface area contributed by atoms with Gasteiger partial charge in [-0.1, -0.05) is 6.07 Å². The van der Waals surface area contributed by atoms with E-state index in [-0.39, 0.29) is 24.5 Å². The number of thiophene rings is 1. The lowest BCUT2D eigenvalue weighted by molar-refractivity contribution is -0.155. The average Bonchev–Trinajstić information content (AvgIpc) is 3.18. The van der Waals surface area contributed by atoms with Crippen LogP contribution in [0.4, 0.5) is 0 Å². The predicted molar refractivity (Wildman–Crippen MR) is 84.6 cm³/mol. The fraction of sp³-hybridized carbons (Fsp3) is 0.562. The van der Waals surface area contributed by atoms with Crippen LogP contribution in [0, 0.1) is 11.8 Å². The van der Waals surface area contributed by atoms with E-state index in [2.05, 4.69) is 5.32 Å². The summed E-state index contributed by atoms with van der Waals surface area (Å²) in [7, 11) is 0. The number of carbonyl (C=O) groups is 3. The van der Waals surface area contributed by atoms with Gasteiger partial charge in [-0.05, 0) is 32.2 Å². The third kappa shape index (κ3) is 2.21. The summed E-state index contributed by atoms with van der Waals surface area (Å²) >= 11 is 1.51. The second kappa shape index (κ2) is 5.72. The fourth-order valence-electron chi connectivity index (χ4n) is 3.69. The maximum atomic E-state index is 12.7. The van der Waals surface area contributed by atoms with Crippen LogP contribution in [0.15, 0.2) is 17.5 Å². The van der Waals surface area contributed by atoms with Crippen molar-refractivity contribution >= 4 is 29.1 Å². The van der Waals surface area contributed by atoms with Gasteiger partial charge in [0.2, 0.25) is 11.8 Å². The van der Waals surface area contributed by atoms with Crippen LogP contribution in [0.1, 0.15) is 31.7 Å². The van der Waals surface area contributed by atoms with E-state index in [1.165, 1.54) is 16.2 Å². The van der Waals surface area contributed by atoms with Crippen molar-refractivity contribution in [2.24, 2.45) is 11.8 Å². The van der Waals surface area contributed by atoms with Gasteiger partial charge in [0.25, 0.3) is 0 Å². The standard InChI is InChI=1S/C16H20N2O4S/c1-4-18-13(19)10-11(14(18)20)16(3,15(21)22-5-2)17-12(10)9-7-6-8-23-9/h6-8,10-12,17H,4-5H2,1-3H3/t10-,11+,12-,16-/m1/s1. The van der Waals surface area contributed by atoms with Gasteiger partial charge in [-0.15, -0.1) is 11.3 Å². The van der Waals surface area contributed by atoms with Gasteiger partial charge in [-0.25, -0.2) is 0 Å². The molecule has 4 atom stereocenters. The minimum Gasteiger partial charge on any atom is -0.465 e. The van der Waals surface area contributed by atoms with Gasteiger partial charge in [-0.2, -0.15) is 0 Å². The molecule has 3 heterocycles. The molecule has 7 heteroatoms. The summed E-state index contributed by atoms with van der Waals surface area (Å²) in [6.45, 7) is 5.72. The first kappa shape index (κ1) is 16.1. The Morgan fingerprint density at radius 1 is 1.39 bits per heavy atom. The molecule has 2 fully saturated rings. The minimum atomic E-state index is -1.19. The molecule has 2 amide bonds. The zero-order valence-corrected chi connectivity index (χ0v) is 14.2. The Kier molecular flexibility index (Phi) is 4.01. The predicted octanol–water partition coefficient (Wildman–Crippen LogP) is 1.34. The molecule has 1 N–H and O–H groups in total. The number of fused-ring (bicyclic) bond motifs is 1. The van der Waals surface area contributed by atoms with Gasteiger partial charge >= 0.3 is 5.97 Å². The number of nitrogens with one attached hydrogen (secondary N) is 1. The molecule has 23 heavy (non-hydrogen) atoms. The van der Waals surface area contributed by atoms with Gasteiger partial charge in [0.15, 0.2) is 0 Å². The van der Waals surface area contributed by atoms with E-state index in [1.807, 2.05) is 17.5 Å². The Bertz CT molecular complexity index is 645. The van der Waals surface area contributed by atoms with E-state index >= 15 is 0 Å². The highest BCUT2D eigenvalue weighted by Crippen LogP contribution is 2.49. The number of ether oxygens (including phenoxy) is 1. The van der Waals surface area contributed by atoms with E-state index in [4.69, 9.17) is 4.74 Å². The fourth-order valence-corrected chi connectivity index (χ4v) is 4.51. The molecule has 1 aromatic rings. The molecule has 0 aliphatic carbocycles. The van der Waals surface area contributed by atoms with Crippen molar-refractivity contribution in [3.8, 4) is 0 Å². The van der Waals surface area contributed by atoms with Crippen LogP contribution in [-0.2, 0) is 19.1 Å². The number of imide groups is 1.